The maximum Gasteiger partial charge on any atom is 0.355 e. The monoisotopic (exact) mass is 278 g/mol. The Morgan fingerprint density at radius 3 is 2.42 bits per heavy atom. The standard InChI is InChI=1S/C14H18N2O2S/c1-6-8-7(2)19-11-9(8)10(12(17)18)15-13(16-11)14(3,4)5/h6H2,1-5H3,(H,17,18). The van der Waals surface area contributed by atoms with Gasteiger partial charge in [-0.3, -0.25) is 0 Å². The summed E-state index contributed by atoms with van der Waals surface area (Å²) >= 11 is 1.55. The summed E-state index contributed by atoms with van der Waals surface area (Å²) in [4.78, 5) is 22.2. The highest BCUT2D eigenvalue weighted by Gasteiger charge is 2.25. The minimum absolute atomic E-state index is 0.135. The molecule has 0 fully saturated rings. The van der Waals surface area contributed by atoms with E-state index in [1.807, 2.05) is 34.6 Å². The molecular weight excluding hydrogens is 260 g/mol. The van der Waals surface area contributed by atoms with E-state index >= 15 is 0 Å². The van der Waals surface area contributed by atoms with Gasteiger partial charge in [0, 0.05) is 15.7 Å². The Morgan fingerprint density at radius 2 is 1.95 bits per heavy atom. The fourth-order valence-electron chi connectivity index (χ4n) is 2.08. The molecule has 0 aliphatic carbocycles. The number of hydrogen-bond donors (Lipinski definition) is 1. The number of carboxylic acid groups (broad SMARTS) is 1. The Hall–Kier alpha value is -1.49. The number of rotatable bonds is 2. The van der Waals surface area contributed by atoms with Gasteiger partial charge in [0.05, 0.1) is 0 Å². The van der Waals surface area contributed by atoms with Crippen molar-refractivity contribution in [2.24, 2.45) is 0 Å². The van der Waals surface area contributed by atoms with E-state index in [-0.39, 0.29) is 11.1 Å². The van der Waals surface area contributed by atoms with E-state index in [1.54, 1.807) is 11.3 Å². The Kier molecular flexibility index (Phi) is 3.34. The van der Waals surface area contributed by atoms with E-state index < -0.39 is 5.97 Å². The van der Waals surface area contributed by atoms with Crippen molar-refractivity contribution in [3.8, 4) is 0 Å². The molecule has 0 saturated carbocycles. The normalized spacial score (nSPS) is 12.1. The van der Waals surface area contributed by atoms with E-state index in [4.69, 9.17) is 0 Å². The second kappa shape index (κ2) is 4.56. The molecular formula is C14H18N2O2S. The first-order valence-electron chi connectivity index (χ1n) is 6.29. The van der Waals surface area contributed by atoms with E-state index in [2.05, 4.69) is 9.97 Å². The van der Waals surface area contributed by atoms with Gasteiger partial charge in [0.15, 0.2) is 5.69 Å². The molecule has 0 saturated heterocycles. The Bertz CT molecular complexity index is 653. The van der Waals surface area contributed by atoms with Crippen molar-refractivity contribution in [3.05, 3.63) is 22.0 Å². The molecule has 5 heteroatoms. The van der Waals surface area contributed by atoms with Crippen LogP contribution in [0.3, 0.4) is 0 Å². The first kappa shape index (κ1) is 13.9. The molecule has 2 aromatic heterocycles. The zero-order valence-corrected chi connectivity index (χ0v) is 12.7. The summed E-state index contributed by atoms with van der Waals surface area (Å²) in [7, 11) is 0. The van der Waals surface area contributed by atoms with E-state index in [0.717, 1.165) is 21.7 Å². The summed E-state index contributed by atoms with van der Waals surface area (Å²) in [5.41, 5.74) is 0.928. The topological polar surface area (TPSA) is 63.1 Å². The second-order valence-corrected chi connectivity index (χ2v) is 6.82. The van der Waals surface area contributed by atoms with Crippen LogP contribution in [-0.4, -0.2) is 21.0 Å². The second-order valence-electron chi connectivity index (χ2n) is 5.62. The smallest absolute Gasteiger partial charge is 0.355 e. The van der Waals surface area contributed by atoms with Crippen LogP contribution in [0.2, 0.25) is 0 Å². The van der Waals surface area contributed by atoms with Gasteiger partial charge >= 0.3 is 5.97 Å². The third kappa shape index (κ3) is 2.34. The number of carboxylic acids is 1. The highest BCUT2D eigenvalue weighted by molar-refractivity contribution is 7.18. The van der Waals surface area contributed by atoms with Crippen molar-refractivity contribution in [3.63, 3.8) is 0 Å². The predicted molar refractivity (Wildman–Crippen MR) is 77.2 cm³/mol. The van der Waals surface area contributed by atoms with Crippen LogP contribution in [0.4, 0.5) is 0 Å². The van der Waals surface area contributed by atoms with Crippen LogP contribution in [0.5, 0.6) is 0 Å². The fraction of sp³-hybridized carbons (Fsp3) is 0.500. The van der Waals surface area contributed by atoms with Crippen LogP contribution >= 0.6 is 11.3 Å². The summed E-state index contributed by atoms with van der Waals surface area (Å²) in [5, 5.41) is 10.1. The molecule has 2 aromatic rings. The maximum atomic E-state index is 11.5. The van der Waals surface area contributed by atoms with E-state index in [9.17, 15) is 9.90 Å². The third-order valence-corrected chi connectivity index (χ3v) is 4.12. The SMILES string of the molecule is CCc1c(C)sc2nc(C(C)(C)C)nc(C(=O)O)c12. The minimum atomic E-state index is -0.981. The molecule has 0 atom stereocenters. The average Bonchev–Trinajstić information content (AvgIpc) is 2.61. The number of nitrogens with zero attached hydrogens (tertiary/aromatic N) is 2. The van der Waals surface area contributed by atoms with Crippen LogP contribution in [0.15, 0.2) is 0 Å². The lowest BCUT2D eigenvalue weighted by Crippen LogP contribution is -2.18. The molecule has 0 aromatic carbocycles. The summed E-state index contributed by atoms with van der Waals surface area (Å²) < 4.78 is 0. The van der Waals surface area contributed by atoms with Crippen LogP contribution in [-0.2, 0) is 11.8 Å². The number of thiophene rings is 1. The molecule has 2 heterocycles. The van der Waals surface area contributed by atoms with Gasteiger partial charge in [0.2, 0.25) is 0 Å². The molecule has 1 N–H and O–H groups in total. The fourth-order valence-corrected chi connectivity index (χ4v) is 3.20. The van der Waals surface area contributed by atoms with Crippen molar-refractivity contribution in [1.82, 2.24) is 9.97 Å². The van der Waals surface area contributed by atoms with Gasteiger partial charge in [-0.1, -0.05) is 27.7 Å². The minimum Gasteiger partial charge on any atom is -0.476 e. The molecule has 0 amide bonds. The Morgan fingerprint density at radius 1 is 1.32 bits per heavy atom. The highest BCUT2D eigenvalue weighted by atomic mass is 32.1. The van der Waals surface area contributed by atoms with Crippen molar-refractivity contribution >= 4 is 27.5 Å². The largest absolute Gasteiger partial charge is 0.476 e. The van der Waals surface area contributed by atoms with Crippen LogP contribution in [0.25, 0.3) is 10.2 Å². The van der Waals surface area contributed by atoms with Crippen LogP contribution in [0, 0.1) is 6.92 Å². The summed E-state index contributed by atoms with van der Waals surface area (Å²) in [6.07, 6.45) is 0.796. The summed E-state index contributed by atoms with van der Waals surface area (Å²) in [6.45, 7) is 9.99. The molecule has 19 heavy (non-hydrogen) atoms. The van der Waals surface area contributed by atoms with Gasteiger partial charge in [-0.25, -0.2) is 14.8 Å². The number of aryl methyl sites for hydroxylation is 2. The zero-order valence-electron chi connectivity index (χ0n) is 11.9. The predicted octanol–water partition coefficient (Wildman–Crippen LogP) is 3.56. The van der Waals surface area contributed by atoms with Gasteiger partial charge in [0.25, 0.3) is 0 Å². The maximum absolute atomic E-state index is 11.5. The van der Waals surface area contributed by atoms with Crippen LogP contribution in [0.1, 0.15) is 54.4 Å². The molecule has 0 aliphatic rings. The number of carbonyl (C=O) groups is 1. The first-order valence-corrected chi connectivity index (χ1v) is 7.11. The Balaban J connectivity index is 2.88. The number of hydrogen-bond acceptors (Lipinski definition) is 4. The third-order valence-electron chi connectivity index (χ3n) is 3.08. The molecule has 0 spiro atoms. The average molecular weight is 278 g/mol. The van der Waals surface area contributed by atoms with E-state index in [0.29, 0.717) is 11.2 Å². The highest BCUT2D eigenvalue weighted by Crippen LogP contribution is 2.33. The zero-order chi connectivity index (χ0) is 14.4. The van der Waals surface area contributed by atoms with Gasteiger partial charge in [-0.2, -0.15) is 0 Å². The lowest BCUT2D eigenvalue weighted by atomic mass is 9.95. The van der Waals surface area contributed by atoms with E-state index in [1.165, 1.54) is 0 Å². The number of aromatic nitrogens is 2. The van der Waals surface area contributed by atoms with Crippen molar-refractivity contribution in [2.45, 2.75) is 46.5 Å². The van der Waals surface area contributed by atoms with Crippen molar-refractivity contribution in [1.29, 1.82) is 0 Å². The molecule has 0 unspecified atom stereocenters. The van der Waals surface area contributed by atoms with Gasteiger partial charge in [-0.15, -0.1) is 11.3 Å². The first-order chi connectivity index (χ1) is 8.75. The van der Waals surface area contributed by atoms with Crippen molar-refractivity contribution < 1.29 is 9.90 Å². The lowest BCUT2D eigenvalue weighted by Gasteiger charge is -2.17. The van der Waals surface area contributed by atoms with Gasteiger partial charge in [-0.05, 0) is 18.9 Å². The van der Waals surface area contributed by atoms with Crippen LogP contribution < -0.4 is 0 Å². The quantitative estimate of drug-likeness (QED) is 0.912. The molecule has 4 nitrogen and oxygen atoms in total. The molecule has 0 aliphatic heterocycles. The molecule has 2 rings (SSSR count). The van der Waals surface area contributed by atoms with Crippen molar-refractivity contribution in [2.75, 3.05) is 0 Å². The Labute approximate surface area is 116 Å². The summed E-state index contributed by atoms with van der Waals surface area (Å²) in [5.74, 6) is -0.397. The van der Waals surface area contributed by atoms with Gasteiger partial charge in [0.1, 0.15) is 10.7 Å². The number of aromatic carboxylic acids is 1. The van der Waals surface area contributed by atoms with Gasteiger partial charge < -0.3 is 5.11 Å². The molecule has 0 radical (unpaired) electrons. The molecule has 102 valence electrons. The summed E-state index contributed by atoms with van der Waals surface area (Å²) in [6, 6.07) is 0. The molecule has 0 bridgehead atoms. The lowest BCUT2D eigenvalue weighted by molar-refractivity contribution is 0.0692. The number of fused-ring (bicyclic) bond motifs is 1.